The van der Waals surface area contributed by atoms with Gasteiger partial charge in [-0.05, 0) is 47.5 Å². The Balaban J connectivity index is 1.63. The second-order valence-electron chi connectivity index (χ2n) is 7.89. The fourth-order valence-electron chi connectivity index (χ4n) is 4.86. The topological polar surface area (TPSA) is 65.7 Å². The monoisotopic (exact) mass is 386 g/mol. The van der Waals surface area contributed by atoms with E-state index in [1.54, 1.807) is 0 Å². The van der Waals surface area contributed by atoms with Gasteiger partial charge in [-0.25, -0.2) is 0 Å². The van der Waals surface area contributed by atoms with E-state index in [1.165, 1.54) is 0 Å². The lowest BCUT2D eigenvalue weighted by atomic mass is 9.82. The zero-order valence-electron chi connectivity index (χ0n) is 15.7. The highest BCUT2D eigenvalue weighted by atomic mass is 16.2. The molecule has 0 amide bonds. The van der Waals surface area contributed by atoms with Crippen molar-refractivity contribution in [2.24, 2.45) is 0 Å². The minimum absolute atomic E-state index is 0.450. The fourth-order valence-corrected chi connectivity index (χ4v) is 4.86. The summed E-state index contributed by atoms with van der Waals surface area (Å²) in [5.41, 5.74) is 6.33. The van der Waals surface area contributed by atoms with Crippen molar-refractivity contribution in [3.63, 3.8) is 0 Å². The highest BCUT2D eigenvalue weighted by Crippen LogP contribution is 2.41. The summed E-state index contributed by atoms with van der Waals surface area (Å²) < 4.78 is 0. The molecule has 1 aliphatic carbocycles. The Morgan fingerprint density at radius 3 is 1.33 bits per heavy atom. The Kier molecular flexibility index (Phi) is 2.75. The lowest BCUT2D eigenvalue weighted by Crippen LogP contribution is -2.21. The van der Waals surface area contributed by atoms with Crippen LogP contribution >= 0.6 is 0 Å². The van der Waals surface area contributed by atoms with Gasteiger partial charge in [0.25, 0.3) is 0 Å². The largest absolute Gasteiger partial charge is 0.354 e. The standard InChI is InChI=1S/C26H14N2O2/c29-25-19-11-23-17(13-5-1-3-7-21(13)27-23)9-15(19)16-10-18-14-6-2-4-8-22(14)28-24(18)12-20(16)26(25)30/h1-12,27-28H. The molecule has 0 bridgehead atoms. The third-order valence-electron chi connectivity index (χ3n) is 6.27. The van der Waals surface area contributed by atoms with Gasteiger partial charge in [-0.1, -0.05) is 36.4 Å². The number of nitrogens with one attached hydrogen (secondary N) is 2. The van der Waals surface area contributed by atoms with Gasteiger partial charge in [-0.15, -0.1) is 0 Å². The number of H-pyrrole nitrogens is 2. The Morgan fingerprint density at radius 1 is 0.433 bits per heavy atom. The maximum atomic E-state index is 13.0. The molecule has 2 N–H and O–H groups in total. The molecule has 0 radical (unpaired) electrons. The molecule has 4 nitrogen and oxygen atoms in total. The van der Waals surface area contributed by atoms with Crippen molar-refractivity contribution >= 4 is 55.2 Å². The third-order valence-corrected chi connectivity index (χ3v) is 6.27. The predicted octanol–water partition coefficient (Wildman–Crippen LogP) is 6.00. The lowest BCUT2D eigenvalue weighted by Gasteiger charge is -2.18. The van der Waals surface area contributed by atoms with Gasteiger partial charge in [0.15, 0.2) is 0 Å². The smallest absolute Gasteiger partial charge is 0.234 e. The van der Waals surface area contributed by atoms with E-state index >= 15 is 0 Å². The minimum Gasteiger partial charge on any atom is -0.354 e. The molecule has 0 atom stereocenters. The van der Waals surface area contributed by atoms with Crippen LogP contribution in [0.25, 0.3) is 54.7 Å². The zero-order chi connectivity index (χ0) is 20.0. The lowest BCUT2D eigenvalue weighted by molar-refractivity contribution is 0.0815. The van der Waals surface area contributed by atoms with Gasteiger partial charge >= 0.3 is 0 Å². The molecule has 2 aromatic heterocycles. The molecule has 0 fully saturated rings. The first-order chi connectivity index (χ1) is 14.7. The number of ketones is 2. The van der Waals surface area contributed by atoms with Crippen molar-refractivity contribution in [2.75, 3.05) is 0 Å². The van der Waals surface area contributed by atoms with Crippen LogP contribution in [-0.2, 0) is 0 Å². The third kappa shape index (κ3) is 1.85. The van der Waals surface area contributed by atoms with Crippen molar-refractivity contribution < 1.29 is 9.59 Å². The molecule has 0 aliphatic heterocycles. The van der Waals surface area contributed by atoms with Crippen LogP contribution in [0.15, 0.2) is 72.8 Å². The Bertz CT molecular complexity index is 1600. The molecule has 4 heteroatoms. The summed E-state index contributed by atoms with van der Waals surface area (Å²) in [5, 5.41) is 4.32. The number of rotatable bonds is 0. The Morgan fingerprint density at radius 2 is 0.867 bits per heavy atom. The Labute approximate surface area is 170 Å². The van der Waals surface area contributed by atoms with Gasteiger partial charge in [0.1, 0.15) is 0 Å². The van der Waals surface area contributed by atoms with Gasteiger partial charge in [0.2, 0.25) is 11.6 Å². The van der Waals surface area contributed by atoms with Crippen LogP contribution in [0.2, 0.25) is 0 Å². The van der Waals surface area contributed by atoms with E-state index in [9.17, 15) is 9.59 Å². The second kappa shape index (κ2) is 5.24. The van der Waals surface area contributed by atoms with E-state index in [2.05, 4.69) is 22.1 Å². The van der Waals surface area contributed by atoms with Gasteiger partial charge in [-0.3, -0.25) is 9.59 Å². The molecular weight excluding hydrogens is 372 g/mol. The number of hydrogen-bond acceptors (Lipinski definition) is 2. The molecule has 0 spiro atoms. The summed E-state index contributed by atoms with van der Waals surface area (Å²) in [6.07, 6.45) is 0. The molecule has 0 saturated heterocycles. The van der Waals surface area contributed by atoms with Crippen LogP contribution in [0, 0.1) is 0 Å². The van der Waals surface area contributed by atoms with Crippen LogP contribution in [0.3, 0.4) is 0 Å². The van der Waals surface area contributed by atoms with Crippen molar-refractivity contribution in [1.82, 2.24) is 9.97 Å². The first-order valence-electron chi connectivity index (χ1n) is 9.87. The molecule has 4 aromatic carbocycles. The average Bonchev–Trinajstić information content (AvgIpc) is 3.32. The number of fused-ring (bicyclic) bond motifs is 9. The molecule has 2 heterocycles. The summed E-state index contributed by atoms with van der Waals surface area (Å²) in [6.45, 7) is 0. The summed E-state index contributed by atoms with van der Waals surface area (Å²) >= 11 is 0. The van der Waals surface area contributed by atoms with Crippen LogP contribution < -0.4 is 0 Å². The van der Waals surface area contributed by atoms with E-state index in [4.69, 9.17) is 0 Å². The molecule has 30 heavy (non-hydrogen) atoms. The van der Waals surface area contributed by atoms with E-state index in [-0.39, 0.29) is 0 Å². The number of aromatic amines is 2. The normalized spacial score (nSPS) is 13.5. The quantitative estimate of drug-likeness (QED) is 0.314. The van der Waals surface area contributed by atoms with Crippen LogP contribution in [0.1, 0.15) is 20.7 Å². The van der Waals surface area contributed by atoms with Crippen LogP contribution in [-0.4, -0.2) is 21.5 Å². The molecule has 0 saturated carbocycles. The number of aromatic nitrogens is 2. The molecular formula is C26H14N2O2. The minimum atomic E-state index is -0.450. The summed E-state index contributed by atoms with van der Waals surface area (Å²) in [6, 6.07) is 23.9. The maximum absolute atomic E-state index is 13.0. The van der Waals surface area contributed by atoms with Gasteiger partial charge in [0.05, 0.1) is 0 Å². The number of carbonyl (C=O) groups excluding carboxylic acids is 2. The van der Waals surface area contributed by atoms with Gasteiger partial charge in [-0.2, -0.15) is 0 Å². The highest BCUT2D eigenvalue weighted by Gasteiger charge is 2.32. The van der Waals surface area contributed by atoms with E-state index in [0.717, 1.165) is 54.7 Å². The predicted molar refractivity (Wildman–Crippen MR) is 119 cm³/mol. The summed E-state index contributed by atoms with van der Waals surface area (Å²) in [5.74, 6) is -0.901. The molecule has 0 unspecified atom stereocenters. The molecule has 140 valence electrons. The number of hydrogen-bond donors (Lipinski definition) is 2. The molecule has 1 aliphatic rings. The first-order valence-corrected chi connectivity index (χ1v) is 9.87. The van der Waals surface area contributed by atoms with Crippen molar-refractivity contribution in [3.05, 3.63) is 83.9 Å². The number of para-hydroxylation sites is 2. The van der Waals surface area contributed by atoms with Gasteiger partial charge < -0.3 is 9.97 Å². The van der Waals surface area contributed by atoms with Crippen molar-refractivity contribution in [3.8, 4) is 11.1 Å². The average molecular weight is 386 g/mol. The maximum Gasteiger partial charge on any atom is 0.234 e. The van der Waals surface area contributed by atoms with Crippen LogP contribution in [0.5, 0.6) is 0 Å². The first kappa shape index (κ1) is 15.7. The number of carbonyl (C=O) groups is 2. The van der Waals surface area contributed by atoms with E-state index in [1.807, 2.05) is 60.7 Å². The summed E-state index contributed by atoms with van der Waals surface area (Å²) in [4.78, 5) is 32.7. The van der Waals surface area contributed by atoms with E-state index in [0.29, 0.717) is 11.1 Å². The Hall–Kier alpha value is -4.18. The molecule has 6 aromatic rings. The number of Topliss-reactive ketones (excluding diaryl/α,β-unsaturated/α-hetero) is 2. The fraction of sp³-hybridized carbons (Fsp3) is 0. The number of benzene rings is 4. The second-order valence-corrected chi connectivity index (χ2v) is 7.89. The van der Waals surface area contributed by atoms with E-state index < -0.39 is 11.6 Å². The zero-order valence-corrected chi connectivity index (χ0v) is 15.7. The van der Waals surface area contributed by atoms with Gasteiger partial charge in [0, 0.05) is 54.7 Å². The molecule has 7 rings (SSSR count). The van der Waals surface area contributed by atoms with Crippen LogP contribution in [0.4, 0.5) is 0 Å². The summed E-state index contributed by atoms with van der Waals surface area (Å²) in [7, 11) is 0. The van der Waals surface area contributed by atoms with Crippen molar-refractivity contribution in [2.45, 2.75) is 0 Å². The SMILES string of the molecule is O=C1C(=O)c2cc3[nH]c4ccccc4c3cc2-c2cc3c(cc21)[nH]c1ccccc13. The van der Waals surface area contributed by atoms with Crippen molar-refractivity contribution in [1.29, 1.82) is 0 Å². The highest BCUT2D eigenvalue weighted by molar-refractivity contribution is 6.53.